The van der Waals surface area contributed by atoms with Crippen LogP contribution in [0.2, 0.25) is 0 Å². The predicted octanol–water partition coefficient (Wildman–Crippen LogP) is 1.38. The van der Waals surface area contributed by atoms with Gasteiger partial charge in [-0.25, -0.2) is 0 Å². The first-order valence-corrected chi connectivity index (χ1v) is 5.13. The summed E-state index contributed by atoms with van der Waals surface area (Å²) in [6.45, 7) is 6.23. The third-order valence-corrected chi connectivity index (χ3v) is 2.44. The summed E-state index contributed by atoms with van der Waals surface area (Å²) in [6.07, 6.45) is 0. The normalized spacial score (nSPS) is 12.3. The zero-order chi connectivity index (χ0) is 11.4. The van der Waals surface area contributed by atoms with Crippen LogP contribution in [-0.4, -0.2) is 18.5 Å². The third kappa shape index (κ3) is 2.80. The van der Waals surface area contributed by atoms with Crippen LogP contribution in [-0.2, 0) is 0 Å². The second kappa shape index (κ2) is 4.94. The van der Waals surface area contributed by atoms with Crippen molar-refractivity contribution in [1.29, 1.82) is 0 Å². The number of hydrogen-bond acceptors (Lipinski definition) is 2. The van der Waals surface area contributed by atoms with E-state index < -0.39 is 0 Å². The predicted molar refractivity (Wildman–Crippen MR) is 61.9 cm³/mol. The van der Waals surface area contributed by atoms with Gasteiger partial charge in [-0.15, -0.1) is 0 Å². The molecule has 1 amide bonds. The molecule has 0 aliphatic heterocycles. The van der Waals surface area contributed by atoms with Gasteiger partial charge in [-0.3, -0.25) is 4.79 Å². The summed E-state index contributed by atoms with van der Waals surface area (Å²) in [5.41, 5.74) is 8.22. The van der Waals surface area contributed by atoms with Crippen molar-refractivity contribution in [2.75, 3.05) is 6.54 Å². The van der Waals surface area contributed by atoms with E-state index in [2.05, 4.69) is 5.32 Å². The lowest BCUT2D eigenvalue weighted by Gasteiger charge is -2.14. The maximum atomic E-state index is 11.9. The molecule has 0 radical (unpaired) electrons. The average Bonchev–Trinajstić information content (AvgIpc) is 2.17. The maximum Gasteiger partial charge on any atom is 0.252 e. The van der Waals surface area contributed by atoms with Crippen LogP contribution >= 0.6 is 0 Å². The molecule has 0 heterocycles. The van der Waals surface area contributed by atoms with E-state index in [4.69, 9.17) is 5.73 Å². The summed E-state index contributed by atoms with van der Waals surface area (Å²) < 4.78 is 0. The minimum atomic E-state index is -0.0384. The Morgan fingerprint density at radius 2 is 1.93 bits per heavy atom. The van der Waals surface area contributed by atoms with Gasteiger partial charge in [0.25, 0.3) is 5.91 Å². The molecule has 0 saturated heterocycles. The van der Waals surface area contributed by atoms with Crippen molar-refractivity contribution in [3.63, 3.8) is 0 Å². The zero-order valence-corrected chi connectivity index (χ0v) is 9.50. The van der Waals surface area contributed by atoms with Gasteiger partial charge in [-0.2, -0.15) is 0 Å². The average molecular weight is 206 g/mol. The van der Waals surface area contributed by atoms with Gasteiger partial charge in [0.15, 0.2) is 0 Å². The quantitative estimate of drug-likeness (QED) is 0.785. The van der Waals surface area contributed by atoms with Crippen molar-refractivity contribution in [2.24, 2.45) is 5.73 Å². The summed E-state index contributed by atoms with van der Waals surface area (Å²) in [4.78, 5) is 11.9. The van der Waals surface area contributed by atoms with E-state index in [1.54, 1.807) is 0 Å². The Hall–Kier alpha value is -1.35. The molecule has 0 bridgehead atoms. The summed E-state index contributed by atoms with van der Waals surface area (Å²) in [7, 11) is 0. The van der Waals surface area contributed by atoms with Gasteiger partial charge >= 0.3 is 0 Å². The van der Waals surface area contributed by atoms with Crippen molar-refractivity contribution >= 4 is 5.91 Å². The van der Waals surface area contributed by atoms with Crippen LogP contribution in [0.5, 0.6) is 0 Å². The van der Waals surface area contributed by atoms with Crippen LogP contribution in [0.4, 0.5) is 0 Å². The van der Waals surface area contributed by atoms with Crippen LogP contribution in [0.1, 0.15) is 28.4 Å². The van der Waals surface area contributed by atoms with Crippen LogP contribution in [0, 0.1) is 13.8 Å². The van der Waals surface area contributed by atoms with E-state index in [1.165, 1.54) is 0 Å². The molecule has 0 aliphatic rings. The fourth-order valence-electron chi connectivity index (χ4n) is 1.53. The van der Waals surface area contributed by atoms with E-state index in [-0.39, 0.29) is 11.9 Å². The minimum absolute atomic E-state index is 0.0107. The third-order valence-electron chi connectivity index (χ3n) is 2.44. The molecule has 1 aromatic carbocycles. The molecular formula is C12H18N2O. The molecule has 1 rings (SSSR count). The van der Waals surface area contributed by atoms with Gasteiger partial charge in [-0.05, 0) is 31.9 Å². The van der Waals surface area contributed by atoms with E-state index in [0.29, 0.717) is 6.54 Å². The Morgan fingerprint density at radius 1 is 1.40 bits per heavy atom. The maximum absolute atomic E-state index is 11.9. The van der Waals surface area contributed by atoms with Crippen molar-refractivity contribution in [3.8, 4) is 0 Å². The summed E-state index contributed by atoms with van der Waals surface area (Å²) in [5, 5.41) is 2.86. The lowest BCUT2D eigenvalue weighted by Crippen LogP contribution is -2.38. The van der Waals surface area contributed by atoms with Gasteiger partial charge in [0.05, 0.1) is 0 Å². The molecular weight excluding hydrogens is 188 g/mol. The first kappa shape index (κ1) is 11.7. The number of carbonyl (C=O) groups excluding carboxylic acids is 1. The summed E-state index contributed by atoms with van der Waals surface area (Å²) >= 11 is 0. The molecule has 0 aromatic heterocycles. The van der Waals surface area contributed by atoms with Crippen molar-refractivity contribution in [3.05, 3.63) is 34.9 Å². The molecule has 3 nitrogen and oxygen atoms in total. The second-order valence-corrected chi connectivity index (χ2v) is 3.88. The highest BCUT2D eigenvalue weighted by molar-refractivity contribution is 5.97. The zero-order valence-electron chi connectivity index (χ0n) is 9.50. The molecule has 3 heteroatoms. The molecule has 3 N–H and O–H groups in total. The molecule has 0 saturated carbocycles. The number of benzene rings is 1. The number of nitrogens with two attached hydrogens (primary N) is 1. The van der Waals surface area contributed by atoms with Crippen LogP contribution in [0.3, 0.4) is 0 Å². The molecule has 1 aromatic rings. The Kier molecular flexibility index (Phi) is 3.86. The van der Waals surface area contributed by atoms with E-state index in [0.717, 1.165) is 16.7 Å². The molecule has 0 unspecified atom stereocenters. The van der Waals surface area contributed by atoms with Crippen molar-refractivity contribution < 1.29 is 4.79 Å². The number of aryl methyl sites for hydroxylation is 2. The number of nitrogens with one attached hydrogen (secondary N) is 1. The molecule has 0 fully saturated rings. The molecule has 0 aliphatic carbocycles. The van der Waals surface area contributed by atoms with Crippen LogP contribution in [0.15, 0.2) is 18.2 Å². The van der Waals surface area contributed by atoms with Gasteiger partial charge in [0.2, 0.25) is 0 Å². The van der Waals surface area contributed by atoms with E-state index in [9.17, 15) is 4.79 Å². The molecule has 1 atom stereocenters. The Balaban J connectivity index is 2.91. The Morgan fingerprint density at radius 3 is 2.40 bits per heavy atom. The number of rotatable bonds is 3. The highest BCUT2D eigenvalue weighted by atomic mass is 16.1. The van der Waals surface area contributed by atoms with Gasteiger partial charge in [0.1, 0.15) is 0 Å². The fraction of sp³-hybridized carbons (Fsp3) is 0.417. The minimum Gasteiger partial charge on any atom is -0.348 e. The van der Waals surface area contributed by atoms with Gasteiger partial charge < -0.3 is 11.1 Å². The van der Waals surface area contributed by atoms with Crippen molar-refractivity contribution in [1.82, 2.24) is 5.32 Å². The smallest absolute Gasteiger partial charge is 0.252 e. The second-order valence-electron chi connectivity index (χ2n) is 3.88. The van der Waals surface area contributed by atoms with Gasteiger partial charge in [-0.1, -0.05) is 18.2 Å². The lowest BCUT2D eigenvalue weighted by atomic mass is 10.0. The molecule has 0 spiro atoms. The SMILES string of the molecule is Cc1cccc(C)c1C(=O)N[C@H](C)CN. The van der Waals surface area contributed by atoms with Crippen LogP contribution in [0.25, 0.3) is 0 Å². The van der Waals surface area contributed by atoms with Crippen LogP contribution < -0.4 is 11.1 Å². The number of amides is 1. The lowest BCUT2D eigenvalue weighted by molar-refractivity contribution is 0.0940. The Bertz CT molecular complexity index is 340. The van der Waals surface area contributed by atoms with E-state index in [1.807, 2.05) is 39.0 Å². The highest BCUT2D eigenvalue weighted by Gasteiger charge is 2.12. The highest BCUT2D eigenvalue weighted by Crippen LogP contribution is 2.12. The molecule has 15 heavy (non-hydrogen) atoms. The first-order valence-electron chi connectivity index (χ1n) is 5.13. The number of hydrogen-bond donors (Lipinski definition) is 2. The first-order chi connectivity index (χ1) is 7.06. The van der Waals surface area contributed by atoms with E-state index >= 15 is 0 Å². The standard InChI is InChI=1S/C12H18N2O/c1-8-5-4-6-9(2)11(8)12(15)14-10(3)7-13/h4-6,10H,7,13H2,1-3H3,(H,14,15)/t10-/m1/s1. The summed E-state index contributed by atoms with van der Waals surface area (Å²) in [6, 6.07) is 5.84. The molecule has 82 valence electrons. The largest absolute Gasteiger partial charge is 0.348 e. The fourth-order valence-corrected chi connectivity index (χ4v) is 1.53. The Labute approximate surface area is 90.7 Å². The van der Waals surface area contributed by atoms with Crippen molar-refractivity contribution in [2.45, 2.75) is 26.8 Å². The van der Waals surface area contributed by atoms with Gasteiger partial charge in [0, 0.05) is 18.2 Å². The summed E-state index contributed by atoms with van der Waals surface area (Å²) in [5.74, 6) is -0.0384. The monoisotopic (exact) mass is 206 g/mol. The topological polar surface area (TPSA) is 55.1 Å². The number of carbonyl (C=O) groups is 1.